The fourth-order valence-corrected chi connectivity index (χ4v) is 1.84. The molecule has 0 unspecified atom stereocenters. The van der Waals surface area contributed by atoms with Gasteiger partial charge in [0.05, 0.1) is 23.9 Å². The van der Waals surface area contributed by atoms with Crippen molar-refractivity contribution in [2.45, 2.75) is 6.92 Å². The molecule has 1 N–H and O–H groups in total. The summed E-state index contributed by atoms with van der Waals surface area (Å²) in [6.07, 6.45) is 1.39. The Morgan fingerprint density at radius 1 is 1.32 bits per heavy atom. The van der Waals surface area contributed by atoms with E-state index in [-0.39, 0.29) is 5.75 Å². The Morgan fingerprint density at radius 2 is 2.05 bits per heavy atom. The smallest absolute Gasteiger partial charge is 0.266 e. The van der Waals surface area contributed by atoms with E-state index in [4.69, 9.17) is 4.74 Å². The van der Waals surface area contributed by atoms with Gasteiger partial charge in [0.15, 0.2) is 0 Å². The third-order valence-electron chi connectivity index (χ3n) is 3.02. The number of hydrazone groups is 1. The average molecular weight is 300 g/mol. The number of nitro groups is 1. The van der Waals surface area contributed by atoms with Gasteiger partial charge in [0.2, 0.25) is 0 Å². The first-order valence-corrected chi connectivity index (χ1v) is 6.41. The molecule has 7 nitrogen and oxygen atoms in total. The van der Waals surface area contributed by atoms with E-state index in [1.54, 1.807) is 0 Å². The largest absolute Gasteiger partial charge is 0.865 e. The molecule has 0 saturated carbocycles. The summed E-state index contributed by atoms with van der Waals surface area (Å²) in [6, 6.07) is 10.1. The average Bonchev–Trinajstić information content (AvgIpc) is 2.50. The number of para-hydroxylation sites is 1. The number of methoxy groups -OCH3 is 1. The SMILES string of the molecule is COc1cc(/C=N\Nc2ccccc2C)cc([N+](=O)[O-])c1[O-]. The molecule has 2 aromatic carbocycles. The van der Waals surface area contributed by atoms with E-state index in [1.807, 2.05) is 31.2 Å². The molecule has 2 rings (SSSR count). The highest BCUT2D eigenvalue weighted by atomic mass is 16.6. The van der Waals surface area contributed by atoms with Gasteiger partial charge < -0.3 is 9.84 Å². The molecule has 0 aromatic heterocycles. The summed E-state index contributed by atoms with van der Waals surface area (Å²) in [5, 5.41) is 26.6. The molecule has 0 aliphatic carbocycles. The Morgan fingerprint density at radius 3 is 2.68 bits per heavy atom. The zero-order valence-electron chi connectivity index (χ0n) is 12.1. The second-order valence-electron chi connectivity index (χ2n) is 4.51. The van der Waals surface area contributed by atoms with Crippen molar-refractivity contribution in [2.24, 2.45) is 5.10 Å². The highest BCUT2D eigenvalue weighted by Crippen LogP contribution is 2.33. The first-order valence-electron chi connectivity index (χ1n) is 6.41. The normalized spacial score (nSPS) is 10.6. The zero-order valence-corrected chi connectivity index (χ0v) is 12.1. The lowest BCUT2D eigenvalue weighted by atomic mass is 10.2. The van der Waals surface area contributed by atoms with E-state index in [0.29, 0.717) is 5.56 Å². The molecule has 0 spiro atoms. The van der Waals surface area contributed by atoms with E-state index in [1.165, 1.54) is 19.4 Å². The van der Waals surface area contributed by atoms with Crippen molar-refractivity contribution >= 4 is 17.6 Å². The Bertz CT molecular complexity index is 729. The van der Waals surface area contributed by atoms with Crippen molar-refractivity contribution in [1.29, 1.82) is 0 Å². The van der Waals surface area contributed by atoms with Crippen molar-refractivity contribution in [3.8, 4) is 11.5 Å². The fourth-order valence-electron chi connectivity index (χ4n) is 1.84. The van der Waals surface area contributed by atoms with Gasteiger partial charge in [-0.25, -0.2) is 0 Å². The summed E-state index contributed by atoms with van der Waals surface area (Å²) in [5.74, 6) is -0.844. The van der Waals surface area contributed by atoms with Crippen LogP contribution in [0.15, 0.2) is 41.5 Å². The van der Waals surface area contributed by atoms with E-state index in [0.717, 1.165) is 17.3 Å². The highest BCUT2D eigenvalue weighted by Gasteiger charge is 2.12. The lowest BCUT2D eigenvalue weighted by Gasteiger charge is -2.13. The number of nitrogens with one attached hydrogen (secondary N) is 1. The molecule has 0 atom stereocenters. The molecule has 22 heavy (non-hydrogen) atoms. The van der Waals surface area contributed by atoms with Crippen LogP contribution >= 0.6 is 0 Å². The predicted molar refractivity (Wildman–Crippen MR) is 81.5 cm³/mol. The molecular weight excluding hydrogens is 286 g/mol. The van der Waals surface area contributed by atoms with Gasteiger partial charge in [0.1, 0.15) is 5.75 Å². The Hall–Kier alpha value is -3.09. The number of nitrogens with zero attached hydrogens (tertiary/aromatic N) is 2. The number of anilines is 1. The third-order valence-corrected chi connectivity index (χ3v) is 3.02. The number of ether oxygens (including phenoxy) is 1. The second-order valence-corrected chi connectivity index (χ2v) is 4.51. The van der Waals surface area contributed by atoms with Gasteiger partial charge in [-0.15, -0.1) is 0 Å². The molecule has 0 bridgehead atoms. The lowest BCUT2D eigenvalue weighted by Crippen LogP contribution is -2.02. The van der Waals surface area contributed by atoms with Crippen LogP contribution in [0.2, 0.25) is 0 Å². The standard InChI is InChI=1S/C15H15N3O4/c1-10-5-3-4-6-12(10)17-16-9-11-7-13(18(20)21)15(19)14(8-11)22-2/h3-9,17,19H,1-2H3/p-1/b16-9-. The van der Waals surface area contributed by atoms with Crippen molar-refractivity contribution in [3.05, 3.63) is 57.6 Å². The molecule has 7 heteroatoms. The maximum absolute atomic E-state index is 11.7. The van der Waals surface area contributed by atoms with Crippen molar-refractivity contribution in [2.75, 3.05) is 12.5 Å². The number of aryl methyl sites for hydroxylation is 1. The minimum absolute atomic E-state index is 0.0912. The van der Waals surface area contributed by atoms with Crippen LogP contribution in [0.25, 0.3) is 0 Å². The molecule has 0 aliphatic rings. The summed E-state index contributed by atoms with van der Waals surface area (Å²) in [5.41, 5.74) is 4.52. The summed E-state index contributed by atoms with van der Waals surface area (Å²) in [4.78, 5) is 10.1. The first kappa shape index (κ1) is 15.3. The first-order chi connectivity index (χ1) is 10.5. The quantitative estimate of drug-likeness (QED) is 0.519. The van der Waals surface area contributed by atoms with Gasteiger partial charge >= 0.3 is 0 Å². The number of hydrogen-bond donors (Lipinski definition) is 1. The van der Waals surface area contributed by atoms with Gasteiger partial charge in [-0.2, -0.15) is 5.10 Å². The van der Waals surface area contributed by atoms with Gasteiger partial charge in [-0.3, -0.25) is 15.5 Å². The highest BCUT2D eigenvalue weighted by molar-refractivity contribution is 5.83. The van der Waals surface area contributed by atoms with E-state index >= 15 is 0 Å². The molecule has 114 valence electrons. The van der Waals surface area contributed by atoms with Crippen LogP contribution in [0.1, 0.15) is 11.1 Å². The Kier molecular flexibility index (Phi) is 4.57. The maximum Gasteiger partial charge on any atom is 0.266 e. The Balaban J connectivity index is 2.26. The summed E-state index contributed by atoms with van der Waals surface area (Å²) in [7, 11) is 1.28. The molecular formula is C15H14N3O4-. The Labute approximate surface area is 127 Å². The van der Waals surface area contributed by atoms with Gasteiger partial charge in [-0.1, -0.05) is 18.2 Å². The van der Waals surface area contributed by atoms with E-state index < -0.39 is 16.4 Å². The third kappa shape index (κ3) is 3.32. The molecule has 0 fully saturated rings. The second kappa shape index (κ2) is 6.57. The van der Waals surface area contributed by atoms with E-state index in [2.05, 4.69) is 10.5 Å². The summed E-state index contributed by atoms with van der Waals surface area (Å²) in [6.45, 7) is 1.93. The van der Waals surface area contributed by atoms with Crippen molar-refractivity contribution in [3.63, 3.8) is 0 Å². The van der Waals surface area contributed by atoms with Crippen LogP contribution < -0.4 is 15.3 Å². The topological polar surface area (TPSA) is 99.8 Å². The van der Waals surface area contributed by atoms with Crippen LogP contribution in [0, 0.1) is 17.0 Å². The van der Waals surface area contributed by atoms with Gasteiger partial charge in [-0.05, 0) is 24.6 Å². The van der Waals surface area contributed by atoms with Crippen LogP contribution in [-0.2, 0) is 0 Å². The van der Waals surface area contributed by atoms with E-state index in [9.17, 15) is 15.2 Å². The predicted octanol–water partition coefficient (Wildman–Crippen LogP) is 2.43. The lowest BCUT2D eigenvalue weighted by molar-refractivity contribution is -0.398. The molecule has 0 radical (unpaired) electrons. The molecule has 0 heterocycles. The maximum atomic E-state index is 11.7. The van der Waals surface area contributed by atoms with Crippen LogP contribution in [0.4, 0.5) is 11.4 Å². The van der Waals surface area contributed by atoms with Crippen molar-refractivity contribution in [1.82, 2.24) is 0 Å². The van der Waals surface area contributed by atoms with Crippen molar-refractivity contribution < 1.29 is 14.8 Å². The van der Waals surface area contributed by atoms with Crippen LogP contribution in [0.5, 0.6) is 11.5 Å². The minimum Gasteiger partial charge on any atom is -0.865 e. The molecule has 0 aliphatic heterocycles. The number of rotatable bonds is 5. The monoisotopic (exact) mass is 300 g/mol. The molecule has 2 aromatic rings. The minimum atomic E-state index is -0.753. The van der Waals surface area contributed by atoms with Crippen LogP contribution in [-0.4, -0.2) is 18.2 Å². The fraction of sp³-hybridized carbons (Fsp3) is 0.133. The summed E-state index contributed by atoms with van der Waals surface area (Å²) >= 11 is 0. The number of benzene rings is 2. The van der Waals surface area contributed by atoms with Crippen LogP contribution in [0.3, 0.4) is 0 Å². The number of hydrogen-bond acceptors (Lipinski definition) is 6. The zero-order chi connectivity index (χ0) is 16.1. The molecule has 0 amide bonds. The van der Waals surface area contributed by atoms with Gasteiger partial charge in [0.25, 0.3) is 5.69 Å². The number of nitro benzene ring substituents is 1. The summed E-state index contributed by atoms with van der Waals surface area (Å²) < 4.78 is 4.86. The molecule has 0 saturated heterocycles. The van der Waals surface area contributed by atoms with Gasteiger partial charge in [0, 0.05) is 17.4 Å².